The molecule has 1 rings (SSSR count). The van der Waals surface area contributed by atoms with Gasteiger partial charge in [0, 0.05) is 19.1 Å². The number of carbonyl (C=O) groups excluding carboxylic acids is 1. The van der Waals surface area contributed by atoms with E-state index in [9.17, 15) is 9.59 Å². The number of carbonyl (C=O) groups is 2. The number of alkyl carbamates (subject to hydrolysis) is 1. The zero-order valence-electron chi connectivity index (χ0n) is 12.5. The first-order valence-corrected chi connectivity index (χ1v) is 7.09. The molecule has 2 unspecified atom stereocenters. The van der Waals surface area contributed by atoms with Crippen molar-refractivity contribution in [1.29, 1.82) is 0 Å². The van der Waals surface area contributed by atoms with Crippen molar-refractivity contribution >= 4 is 12.1 Å². The van der Waals surface area contributed by atoms with Gasteiger partial charge in [-0.15, -0.1) is 0 Å². The Kier molecular flexibility index (Phi) is 6.26. The molecule has 1 amide bonds. The summed E-state index contributed by atoms with van der Waals surface area (Å²) in [6.07, 6.45) is 2.60. The summed E-state index contributed by atoms with van der Waals surface area (Å²) in [5.74, 6) is -0.867. The van der Waals surface area contributed by atoms with Gasteiger partial charge in [-0.1, -0.05) is 0 Å². The predicted octanol–water partition coefficient (Wildman–Crippen LogP) is 2.31. The van der Waals surface area contributed by atoms with Gasteiger partial charge in [0.05, 0.1) is 6.10 Å². The fraction of sp³-hybridized carbons (Fsp3) is 0.857. The van der Waals surface area contributed by atoms with Gasteiger partial charge in [-0.3, -0.25) is 4.79 Å². The van der Waals surface area contributed by atoms with E-state index in [2.05, 4.69) is 5.32 Å². The largest absolute Gasteiger partial charge is 0.481 e. The molecule has 1 saturated heterocycles. The normalized spacial score (nSPS) is 20.4. The van der Waals surface area contributed by atoms with Gasteiger partial charge in [-0.2, -0.15) is 0 Å². The van der Waals surface area contributed by atoms with E-state index in [0.717, 1.165) is 19.4 Å². The summed E-state index contributed by atoms with van der Waals surface area (Å²) in [5, 5.41) is 11.5. The Labute approximate surface area is 119 Å². The highest BCUT2D eigenvalue weighted by Gasteiger charge is 2.24. The number of hydrogen-bond acceptors (Lipinski definition) is 4. The molecule has 0 aromatic heterocycles. The Bertz CT molecular complexity index is 331. The van der Waals surface area contributed by atoms with Crippen LogP contribution in [0.5, 0.6) is 0 Å². The van der Waals surface area contributed by atoms with Crippen LogP contribution in [0, 0.1) is 0 Å². The zero-order chi connectivity index (χ0) is 15.2. The third-order valence-electron chi connectivity index (χ3n) is 3.00. The number of ether oxygens (including phenoxy) is 2. The number of amides is 1. The zero-order valence-corrected chi connectivity index (χ0v) is 12.5. The van der Waals surface area contributed by atoms with Crippen LogP contribution in [0.4, 0.5) is 4.79 Å². The van der Waals surface area contributed by atoms with Crippen LogP contribution in [0.15, 0.2) is 0 Å². The minimum absolute atomic E-state index is 0.0210. The number of rotatable bonds is 6. The molecule has 1 fully saturated rings. The van der Waals surface area contributed by atoms with Crippen molar-refractivity contribution in [3.05, 3.63) is 0 Å². The van der Waals surface area contributed by atoms with Crippen LogP contribution in [0.1, 0.15) is 52.9 Å². The molecule has 1 aliphatic rings. The fourth-order valence-corrected chi connectivity index (χ4v) is 2.17. The van der Waals surface area contributed by atoms with Gasteiger partial charge in [0.2, 0.25) is 0 Å². The second kappa shape index (κ2) is 7.47. The van der Waals surface area contributed by atoms with Gasteiger partial charge in [-0.25, -0.2) is 4.79 Å². The Hall–Kier alpha value is -1.30. The Morgan fingerprint density at radius 3 is 2.65 bits per heavy atom. The van der Waals surface area contributed by atoms with Crippen LogP contribution in [-0.4, -0.2) is 41.5 Å². The molecule has 0 bridgehead atoms. The van der Waals surface area contributed by atoms with E-state index < -0.39 is 17.7 Å². The van der Waals surface area contributed by atoms with Crippen molar-refractivity contribution in [2.75, 3.05) is 6.61 Å². The van der Waals surface area contributed by atoms with Crippen molar-refractivity contribution in [2.45, 2.75) is 70.6 Å². The minimum atomic E-state index is -0.867. The van der Waals surface area contributed by atoms with Gasteiger partial charge in [0.25, 0.3) is 0 Å². The number of carboxylic acids is 1. The number of carboxylic acid groups (broad SMARTS) is 1. The molecule has 1 aliphatic heterocycles. The smallest absolute Gasteiger partial charge is 0.407 e. The molecule has 116 valence electrons. The number of nitrogens with one attached hydrogen (secondary N) is 1. The molecular formula is C14H25NO5. The SMILES string of the molecule is CC(C)(C)OC(=O)NC(CCC(=O)O)CC1CCCO1. The van der Waals surface area contributed by atoms with Gasteiger partial charge < -0.3 is 19.9 Å². The highest BCUT2D eigenvalue weighted by atomic mass is 16.6. The molecule has 0 aliphatic carbocycles. The van der Waals surface area contributed by atoms with Crippen LogP contribution in [0.25, 0.3) is 0 Å². The van der Waals surface area contributed by atoms with E-state index in [1.54, 1.807) is 20.8 Å². The van der Waals surface area contributed by atoms with Gasteiger partial charge in [0.15, 0.2) is 0 Å². The summed E-state index contributed by atoms with van der Waals surface area (Å²) in [4.78, 5) is 22.4. The van der Waals surface area contributed by atoms with E-state index in [1.165, 1.54) is 0 Å². The molecule has 0 saturated carbocycles. The van der Waals surface area contributed by atoms with Crippen molar-refractivity contribution in [2.24, 2.45) is 0 Å². The molecule has 20 heavy (non-hydrogen) atoms. The summed E-state index contributed by atoms with van der Waals surface area (Å²) in [6.45, 7) is 6.11. The highest BCUT2D eigenvalue weighted by Crippen LogP contribution is 2.19. The Balaban J connectivity index is 2.47. The topological polar surface area (TPSA) is 84.9 Å². The maximum Gasteiger partial charge on any atom is 0.407 e. The second-order valence-corrected chi connectivity index (χ2v) is 6.15. The molecule has 0 spiro atoms. The van der Waals surface area contributed by atoms with E-state index in [-0.39, 0.29) is 18.6 Å². The molecule has 2 atom stereocenters. The average Bonchev–Trinajstić information content (AvgIpc) is 2.75. The lowest BCUT2D eigenvalue weighted by atomic mass is 10.0. The van der Waals surface area contributed by atoms with E-state index in [4.69, 9.17) is 14.6 Å². The van der Waals surface area contributed by atoms with Crippen LogP contribution < -0.4 is 5.32 Å². The van der Waals surface area contributed by atoms with E-state index >= 15 is 0 Å². The molecular weight excluding hydrogens is 262 g/mol. The van der Waals surface area contributed by atoms with Crippen LogP contribution in [-0.2, 0) is 14.3 Å². The fourth-order valence-electron chi connectivity index (χ4n) is 2.17. The molecule has 2 N–H and O–H groups in total. The summed E-state index contributed by atoms with van der Waals surface area (Å²) >= 11 is 0. The highest BCUT2D eigenvalue weighted by molar-refractivity contribution is 5.69. The summed E-state index contributed by atoms with van der Waals surface area (Å²) in [6, 6.07) is -0.232. The summed E-state index contributed by atoms with van der Waals surface area (Å²) < 4.78 is 10.7. The first kappa shape index (κ1) is 16.8. The maximum absolute atomic E-state index is 11.8. The Morgan fingerprint density at radius 2 is 2.15 bits per heavy atom. The van der Waals surface area contributed by atoms with Crippen molar-refractivity contribution in [3.63, 3.8) is 0 Å². The first-order chi connectivity index (χ1) is 9.26. The second-order valence-electron chi connectivity index (χ2n) is 6.15. The Morgan fingerprint density at radius 1 is 1.45 bits per heavy atom. The van der Waals surface area contributed by atoms with Crippen LogP contribution in [0.2, 0.25) is 0 Å². The van der Waals surface area contributed by atoms with Crippen molar-refractivity contribution in [3.8, 4) is 0 Å². The molecule has 6 nitrogen and oxygen atoms in total. The predicted molar refractivity (Wildman–Crippen MR) is 73.6 cm³/mol. The minimum Gasteiger partial charge on any atom is -0.481 e. The summed E-state index contributed by atoms with van der Waals surface area (Å²) in [5.41, 5.74) is -0.564. The van der Waals surface area contributed by atoms with Crippen LogP contribution in [0.3, 0.4) is 0 Å². The van der Waals surface area contributed by atoms with Crippen molar-refractivity contribution < 1.29 is 24.2 Å². The average molecular weight is 287 g/mol. The standard InChI is InChI=1S/C14H25NO5/c1-14(2,3)20-13(18)15-10(6-7-12(16)17)9-11-5-4-8-19-11/h10-11H,4-9H2,1-3H3,(H,15,18)(H,16,17). The van der Waals surface area contributed by atoms with E-state index in [1.807, 2.05) is 0 Å². The van der Waals surface area contributed by atoms with Gasteiger partial charge in [0.1, 0.15) is 5.60 Å². The molecule has 6 heteroatoms. The molecule has 1 heterocycles. The quantitative estimate of drug-likeness (QED) is 0.783. The number of aliphatic carboxylic acids is 1. The maximum atomic E-state index is 11.8. The lowest BCUT2D eigenvalue weighted by molar-refractivity contribution is -0.137. The summed E-state index contributed by atoms with van der Waals surface area (Å²) in [7, 11) is 0. The number of hydrogen-bond donors (Lipinski definition) is 2. The first-order valence-electron chi connectivity index (χ1n) is 7.09. The van der Waals surface area contributed by atoms with Gasteiger partial charge in [-0.05, 0) is 46.5 Å². The third-order valence-corrected chi connectivity index (χ3v) is 3.00. The lowest BCUT2D eigenvalue weighted by Gasteiger charge is -2.24. The third kappa shape index (κ3) is 7.33. The molecule has 0 aromatic rings. The lowest BCUT2D eigenvalue weighted by Crippen LogP contribution is -2.41. The van der Waals surface area contributed by atoms with E-state index in [0.29, 0.717) is 12.8 Å². The van der Waals surface area contributed by atoms with Crippen molar-refractivity contribution in [1.82, 2.24) is 5.32 Å². The van der Waals surface area contributed by atoms with Crippen LogP contribution >= 0.6 is 0 Å². The molecule has 0 aromatic carbocycles. The monoisotopic (exact) mass is 287 g/mol. The van der Waals surface area contributed by atoms with Gasteiger partial charge >= 0.3 is 12.1 Å². The molecule has 0 radical (unpaired) electrons.